The number of para-hydroxylation sites is 1. The van der Waals surface area contributed by atoms with Gasteiger partial charge in [0.1, 0.15) is 0 Å². The molecule has 1 atom stereocenters. The van der Waals surface area contributed by atoms with Crippen molar-refractivity contribution >= 4 is 27.6 Å². The van der Waals surface area contributed by atoms with E-state index in [-0.39, 0.29) is 17.7 Å². The van der Waals surface area contributed by atoms with E-state index in [1.807, 2.05) is 12.1 Å². The smallest absolute Gasteiger partial charge is 0.311 e. The lowest BCUT2D eigenvalue weighted by Gasteiger charge is -2.14. The van der Waals surface area contributed by atoms with Crippen LogP contribution in [0, 0.1) is 10.1 Å². The number of carboxylic acid groups (broad SMARTS) is 1. The highest BCUT2D eigenvalue weighted by Gasteiger charge is 2.28. The van der Waals surface area contributed by atoms with Crippen LogP contribution in [0.1, 0.15) is 17.0 Å². The molecule has 0 aromatic heterocycles. The molecule has 0 heterocycles. The summed E-state index contributed by atoms with van der Waals surface area (Å²) in [7, 11) is 0. The quantitative estimate of drug-likeness (QED) is 0.658. The minimum absolute atomic E-state index is 0.169. The van der Waals surface area contributed by atoms with E-state index in [9.17, 15) is 20.0 Å². The minimum atomic E-state index is -1.08. The highest BCUT2D eigenvalue weighted by molar-refractivity contribution is 9.10. The molecule has 2 aromatic rings. The number of hydrogen-bond acceptors (Lipinski definition) is 3. The van der Waals surface area contributed by atoms with E-state index in [2.05, 4.69) is 15.9 Å². The van der Waals surface area contributed by atoms with Crippen LogP contribution in [-0.2, 0) is 11.2 Å². The van der Waals surface area contributed by atoms with Gasteiger partial charge >= 0.3 is 5.97 Å². The number of benzene rings is 2. The summed E-state index contributed by atoms with van der Waals surface area (Å²) in [5.74, 6) is -2.05. The first-order valence-electron chi connectivity index (χ1n) is 6.20. The molecule has 0 spiro atoms. The molecule has 2 rings (SSSR count). The van der Waals surface area contributed by atoms with Crippen LogP contribution in [0.25, 0.3) is 0 Å². The molecule has 6 heteroatoms. The van der Waals surface area contributed by atoms with Gasteiger partial charge in [0.25, 0.3) is 5.69 Å². The molecule has 0 aliphatic carbocycles. The number of carbonyl (C=O) groups is 1. The van der Waals surface area contributed by atoms with Crippen LogP contribution in [0.5, 0.6) is 0 Å². The lowest BCUT2D eigenvalue weighted by atomic mass is 9.91. The second-order valence-corrected chi connectivity index (χ2v) is 5.36. The zero-order valence-corrected chi connectivity index (χ0v) is 12.5. The van der Waals surface area contributed by atoms with Crippen LogP contribution >= 0.6 is 15.9 Å². The van der Waals surface area contributed by atoms with Crippen molar-refractivity contribution in [3.8, 4) is 0 Å². The molecule has 0 saturated heterocycles. The van der Waals surface area contributed by atoms with Crippen molar-refractivity contribution in [2.75, 3.05) is 0 Å². The summed E-state index contributed by atoms with van der Waals surface area (Å²) in [6.07, 6.45) is 0.182. The van der Waals surface area contributed by atoms with Crippen molar-refractivity contribution in [2.24, 2.45) is 0 Å². The van der Waals surface area contributed by atoms with E-state index in [4.69, 9.17) is 0 Å². The van der Waals surface area contributed by atoms with E-state index in [1.54, 1.807) is 18.2 Å². The molecule has 5 nitrogen and oxygen atoms in total. The molecule has 1 unspecified atom stereocenters. The molecule has 1 N–H and O–H groups in total. The second-order valence-electron chi connectivity index (χ2n) is 4.50. The normalized spacial score (nSPS) is 11.9. The minimum Gasteiger partial charge on any atom is -0.481 e. The average Bonchev–Trinajstić information content (AvgIpc) is 2.46. The topological polar surface area (TPSA) is 80.4 Å². The van der Waals surface area contributed by atoms with Gasteiger partial charge in [0.2, 0.25) is 0 Å². The van der Waals surface area contributed by atoms with Crippen LogP contribution in [0.15, 0.2) is 53.0 Å². The molecule has 108 valence electrons. The number of carboxylic acids is 1. The van der Waals surface area contributed by atoms with Crippen LogP contribution in [0.4, 0.5) is 5.69 Å². The van der Waals surface area contributed by atoms with Gasteiger partial charge in [-0.15, -0.1) is 0 Å². The second kappa shape index (κ2) is 6.49. The summed E-state index contributed by atoms with van der Waals surface area (Å²) < 4.78 is 0.787. The fourth-order valence-electron chi connectivity index (χ4n) is 2.16. The summed E-state index contributed by atoms with van der Waals surface area (Å²) >= 11 is 3.37. The number of nitro benzene ring substituents is 1. The highest BCUT2D eigenvalue weighted by Crippen LogP contribution is 2.31. The first-order valence-corrected chi connectivity index (χ1v) is 6.99. The van der Waals surface area contributed by atoms with Gasteiger partial charge in [-0.2, -0.15) is 0 Å². The van der Waals surface area contributed by atoms with Crippen LogP contribution in [0.3, 0.4) is 0 Å². The van der Waals surface area contributed by atoms with Crippen molar-refractivity contribution in [3.05, 3.63) is 74.2 Å². The van der Waals surface area contributed by atoms with Crippen LogP contribution < -0.4 is 0 Å². The zero-order chi connectivity index (χ0) is 15.4. The fraction of sp³-hybridized carbons (Fsp3) is 0.133. The summed E-state index contributed by atoms with van der Waals surface area (Å²) in [4.78, 5) is 22.1. The standard InChI is InChI=1S/C15H12BrNO4/c16-13-7-3-1-5-10(13)9-12(15(18)19)11-6-2-4-8-14(11)17(20)21/h1-8,12H,9H2,(H,18,19). The van der Waals surface area contributed by atoms with Gasteiger partial charge in [0.15, 0.2) is 0 Å². The molecular formula is C15H12BrNO4. The Kier molecular flexibility index (Phi) is 4.70. The molecule has 0 bridgehead atoms. The summed E-state index contributed by atoms with van der Waals surface area (Å²) in [6.45, 7) is 0. The molecular weight excluding hydrogens is 338 g/mol. The third-order valence-corrected chi connectivity index (χ3v) is 3.96. The lowest BCUT2D eigenvalue weighted by Crippen LogP contribution is -2.16. The van der Waals surface area contributed by atoms with Gasteiger partial charge in [0, 0.05) is 16.1 Å². The van der Waals surface area contributed by atoms with E-state index in [0.717, 1.165) is 10.0 Å². The number of nitrogens with zero attached hydrogens (tertiary/aromatic N) is 1. The summed E-state index contributed by atoms with van der Waals surface area (Å²) in [5.41, 5.74) is 0.839. The molecule has 21 heavy (non-hydrogen) atoms. The number of halogens is 1. The van der Waals surface area contributed by atoms with Crippen molar-refractivity contribution < 1.29 is 14.8 Å². The predicted octanol–water partition coefficient (Wildman–Crippen LogP) is 3.77. The number of rotatable bonds is 5. The molecule has 0 saturated carbocycles. The Labute approximate surface area is 129 Å². The third kappa shape index (κ3) is 3.46. The number of nitro groups is 1. The monoisotopic (exact) mass is 349 g/mol. The van der Waals surface area contributed by atoms with Gasteiger partial charge in [-0.25, -0.2) is 0 Å². The Morgan fingerprint density at radius 3 is 2.43 bits per heavy atom. The molecule has 0 amide bonds. The average molecular weight is 350 g/mol. The lowest BCUT2D eigenvalue weighted by molar-refractivity contribution is -0.385. The largest absolute Gasteiger partial charge is 0.481 e. The maximum absolute atomic E-state index is 11.6. The Morgan fingerprint density at radius 1 is 1.19 bits per heavy atom. The van der Waals surface area contributed by atoms with Gasteiger partial charge < -0.3 is 5.11 Å². The van der Waals surface area contributed by atoms with Crippen LogP contribution in [0.2, 0.25) is 0 Å². The molecule has 0 aliphatic rings. The Balaban J connectivity index is 2.44. The molecule has 0 aliphatic heterocycles. The fourth-order valence-corrected chi connectivity index (χ4v) is 2.61. The Hall–Kier alpha value is -2.21. The Bertz CT molecular complexity index is 687. The molecule has 0 fully saturated rings. The summed E-state index contributed by atoms with van der Waals surface area (Å²) in [5, 5.41) is 20.5. The SMILES string of the molecule is O=C(O)C(Cc1ccccc1Br)c1ccccc1[N+](=O)[O-]. The van der Waals surface area contributed by atoms with E-state index >= 15 is 0 Å². The van der Waals surface area contributed by atoms with E-state index in [0.29, 0.717) is 0 Å². The third-order valence-electron chi connectivity index (χ3n) is 3.19. The van der Waals surface area contributed by atoms with E-state index in [1.165, 1.54) is 18.2 Å². The number of aliphatic carboxylic acids is 1. The van der Waals surface area contributed by atoms with Crippen molar-refractivity contribution in [1.82, 2.24) is 0 Å². The first-order chi connectivity index (χ1) is 10.0. The van der Waals surface area contributed by atoms with Crippen molar-refractivity contribution in [2.45, 2.75) is 12.3 Å². The maximum atomic E-state index is 11.6. The van der Waals surface area contributed by atoms with Crippen molar-refractivity contribution in [1.29, 1.82) is 0 Å². The maximum Gasteiger partial charge on any atom is 0.311 e. The van der Waals surface area contributed by atoms with Gasteiger partial charge in [-0.05, 0) is 18.1 Å². The summed E-state index contributed by atoms with van der Waals surface area (Å²) in [6, 6.07) is 13.2. The number of hydrogen-bond donors (Lipinski definition) is 1. The molecule has 2 aromatic carbocycles. The predicted molar refractivity (Wildman–Crippen MR) is 81.3 cm³/mol. The highest BCUT2D eigenvalue weighted by atomic mass is 79.9. The zero-order valence-electron chi connectivity index (χ0n) is 10.9. The van der Waals surface area contributed by atoms with Crippen molar-refractivity contribution in [3.63, 3.8) is 0 Å². The van der Waals surface area contributed by atoms with Gasteiger partial charge in [-0.1, -0.05) is 52.3 Å². The molecule has 0 radical (unpaired) electrons. The van der Waals surface area contributed by atoms with Crippen LogP contribution in [-0.4, -0.2) is 16.0 Å². The van der Waals surface area contributed by atoms with Gasteiger partial charge in [0.05, 0.1) is 10.8 Å². The van der Waals surface area contributed by atoms with E-state index < -0.39 is 16.8 Å². The first kappa shape index (κ1) is 15.2. The van der Waals surface area contributed by atoms with Gasteiger partial charge in [-0.3, -0.25) is 14.9 Å². The Morgan fingerprint density at radius 2 is 1.81 bits per heavy atom.